The first-order chi connectivity index (χ1) is 7.74. The van der Waals surface area contributed by atoms with E-state index in [0.717, 1.165) is 18.8 Å². The van der Waals surface area contributed by atoms with Gasteiger partial charge in [-0.05, 0) is 24.3 Å². The topological polar surface area (TPSA) is 38.8 Å². The highest BCUT2D eigenvalue weighted by Crippen LogP contribution is 2.22. The molecule has 0 saturated carbocycles. The second kappa shape index (κ2) is 4.53. The summed E-state index contributed by atoms with van der Waals surface area (Å²) in [6, 6.07) is 7.42. The predicted molar refractivity (Wildman–Crippen MR) is 60.8 cm³/mol. The molecular weight excluding hydrogens is 206 g/mol. The summed E-state index contributed by atoms with van der Waals surface area (Å²) >= 11 is 0. The van der Waals surface area contributed by atoms with Crippen LogP contribution in [0.4, 0.5) is 5.69 Å². The van der Waals surface area contributed by atoms with Crippen LogP contribution in [0.3, 0.4) is 0 Å². The Bertz CT molecular complexity index is 368. The number of rotatable bonds is 3. The summed E-state index contributed by atoms with van der Waals surface area (Å²) in [6.45, 7) is 1.82. The van der Waals surface area contributed by atoms with E-state index < -0.39 is 0 Å². The van der Waals surface area contributed by atoms with Crippen LogP contribution in [0.5, 0.6) is 0 Å². The highest BCUT2D eigenvalue weighted by molar-refractivity contribution is 5.89. The lowest BCUT2D eigenvalue weighted by atomic mass is 10.1. The third kappa shape index (κ3) is 2.02. The van der Waals surface area contributed by atoms with Crippen molar-refractivity contribution >= 4 is 11.7 Å². The Morgan fingerprint density at radius 1 is 1.25 bits per heavy atom. The maximum absolute atomic E-state index is 11.2. The number of benzene rings is 1. The van der Waals surface area contributed by atoms with Crippen LogP contribution in [0.1, 0.15) is 10.4 Å². The van der Waals surface area contributed by atoms with E-state index >= 15 is 0 Å². The van der Waals surface area contributed by atoms with Gasteiger partial charge in [0.15, 0.2) is 0 Å². The van der Waals surface area contributed by atoms with Gasteiger partial charge in [-0.2, -0.15) is 0 Å². The van der Waals surface area contributed by atoms with Gasteiger partial charge in [0.25, 0.3) is 0 Å². The first-order valence-electron chi connectivity index (χ1n) is 5.20. The van der Waals surface area contributed by atoms with E-state index in [4.69, 9.17) is 4.74 Å². The number of ether oxygens (including phenoxy) is 2. The van der Waals surface area contributed by atoms with Gasteiger partial charge in [0.05, 0.1) is 18.8 Å². The van der Waals surface area contributed by atoms with Gasteiger partial charge in [-0.1, -0.05) is 0 Å². The minimum absolute atomic E-state index is 0.301. The Hall–Kier alpha value is -1.55. The summed E-state index contributed by atoms with van der Waals surface area (Å²) in [6.07, 6.45) is 0.334. The minimum Gasteiger partial charge on any atom is -0.465 e. The van der Waals surface area contributed by atoms with Crippen LogP contribution in [0, 0.1) is 0 Å². The molecule has 16 heavy (non-hydrogen) atoms. The van der Waals surface area contributed by atoms with Gasteiger partial charge >= 0.3 is 5.97 Å². The van der Waals surface area contributed by atoms with Crippen molar-refractivity contribution in [2.24, 2.45) is 0 Å². The van der Waals surface area contributed by atoms with E-state index in [2.05, 4.69) is 9.64 Å². The average Bonchev–Trinajstić information content (AvgIpc) is 2.27. The molecule has 0 N–H and O–H groups in total. The third-order valence-corrected chi connectivity index (χ3v) is 2.83. The molecule has 0 atom stereocenters. The number of anilines is 1. The Kier molecular flexibility index (Phi) is 3.10. The Morgan fingerprint density at radius 3 is 2.38 bits per heavy atom. The maximum Gasteiger partial charge on any atom is 0.337 e. The predicted octanol–water partition coefficient (Wildman–Crippen LogP) is 1.31. The molecule has 2 rings (SSSR count). The van der Waals surface area contributed by atoms with Crippen LogP contribution in [-0.2, 0) is 9.47 Å². The molecule has 1 aliphatic heterocycles. The normalized spacial score (nSPS) is 15.8. The molecule has 1 heterocycles. The summed E-state index contributed by atoms with van der Waals surface area (Å²) < 4.78 is 9.84. The molecule has 0 amide bonds. The quantitative estimate of drug-likeness (QED) is 0.721. The number of nitrogens with zero attached hydrogens (tertiary/aromatic N) is 1. The van der Waals surface area contributed by atoms with Gasteiger partial charge in [0.2, 0.25) is 0 Å². The summed E-state index contributed by atoms with van der Waals surface area (Å²) in [5, 5.41) is 0. The fraction of sp³-hybridized carbons (Fsp3) is 0.417. The van der Waals surface area contributed by atoms with Crippen molar-refractivity contribution in [2.75, 3.05) is 32.2 Å². The Labute approximate surface area is 94.8 Å². The summed E-state index contributed by atoms with van der Waals surface area (Å²) in [7, 11) is 3.11. The van der Waals surface area contributed by atoms with E-state index in [9.17, 15) is 4.79 Å². The van der Waals surface area contributed by atoms with Gasteiger partial charge in [0, 0.05) is 25.9 Å². The SMILES string of the molecule is COC(=O)c1ccc(N2CC(OC)C2)cc1. The highest BCUT2D eigenvalue weighted by atomic mass is 16.5. The lowest BCUT2D eigenvalue weighted by Gasteiger charge is -2.40. The van der Waals surface area contributed by atoms with Crippen molar-refractivity contribution in [2.45, 2.75) is 6.10 Å². The summed E-state index contributed by atoms with van der Waals surface area (Å²) in [4.78, 5) is 13.4. The van der Waals surface area contributed by atoms with Crippen molar-refractivity contribution in [3.63, 3.8) is 0 Å². The number of carbonyl (C=O) groups excluding carboxylic acids is 1. The van der Waals surface area contributed by atoms with Crippen LogP contribution < -0.4 is 4.90 Å². The van der Waals surface area contributed by atoms with Gasteiger partial charge in [-0.25, -0.2) is 4.79 Å². The maximum atomic E-state index is 11.2. The zero-order valence-corrected chi connectivity index (χ0v) is 9.47. The fourth-order valence-corrected chi connectivity index (χ4v) is 1.72. The summed E-state index contributed by atoms with van der Waals surface area (Å²) in [5.74, 6) is -0.301. The first-order valence-corrected chi connectivity index (χ1v) is 5.20. The highest BCUT2D eigenvalue weighted by Gasteiger charge is 2.26. The van der Waals surface area contributed by atoms with Crippen LogP contribution in [0.15, 0.2) is 24.3 Å². The second-order valence-corrected chi connectivity index (χ2v) is 3.80. The molecule has 4 nitrogen and oxygen atoms in total. The molecule has 0 spiro atoms. The Balaban J connectivity index is 2.01. The molecule has 86 valence electrons. The number of esters is 1. The van der Waals surface area contributed by atoms with Crippen LogP contribution >= 0.6 is 0 Å². The molecule has 0 unspecified atom stereocenters. The number of hydrogen-bond acceptors (Lipinski definition) is 4. The van der Waals surface area contributed by atoms with Crippen molar-refractivity contribution in [3.8, 4) is 0 Å². The molecule has 0 aromatic heterocycles. The molecule has 1 aromatic rings. The third-order valence-electron chi connectivity index (χ3n) is 2.83. The van der Waals surface area contributed by atoms with E-state index in [1.807, 2.05) is 12.1 Å². The largest absolute Gasteiger partial charge is 0.465 e. The number of carbonyl (C=O) groups is 1. The zero-order chi connectivity index (χ0) is 11.5. The molecule has 4 heteroatoms. The van der Waals surface area contributed by atoms with E-state index in [1.165, 1.54) is 7.11 Å². The molecule has 1 aromatic carbocycles. The van der Waals surface area contributed by atoms with Crippen molar-refractivity contribution in [1.29, 1.82) is 0 Å². The van der Waals surface area contributed by atoms with Crippen LogP contribution in [-0.4, -0.2) is 39.4 Å². The molecule has 0 aliphatic carbocycles. The molecule has 1 saturated heterocycles. The van der Waals surface area contributed by atoms with E-state index in [1.54, 1.807) is 19.2 Å². The van der Waals surface area contributed by atoms with Gasteiger partial charge in [-0.15, -0.1) is 0 Å². The van der Waals surface area contributed by atoms with Gasteiger partial charge in [-0.3, -0.25) is 0 Å². The van der Waals surface area contributed by atoms with Crippen LogP contribution in [0.2, 0.25) is 0 Å². The van der Waals surface area contributed by atoms with Gasteiger partial charge in [0.1, 0.15) is 0 Å². The molecule has 1 aliphatic rings. The zero-order valence-electron chi connectivity index (χ0n) is 9.47. The fourth-order valence-electron chi connectivity index (χ4n) is 1.72. The second-order valence-electron chi connectivity index (χ2n) is 3.80. The van der Waals surface area contributed by atoms with Crippen molar-refractivity contribution < 1.29 is 14.3 Å². The van der Waals surface area contributed by atoms with Gasteiger partial charge < -0.3 is 14.4 Å². The van der Waals surface area contributed by atoms with Crippen LogP contribution in [0.25, 0.3) is 0 Å². The minimum atomic E-state index is -0.301. The van der Waals surface area contributed by atoms with Crippen molar-refractivity contribution in [3.05, 3.63) is 29.8 Å². The standard InChI is InChI=1S/C12H15NO3/c1-15-11-7-13(8-11)10-5-3-9(4-6-10)12(14)16-2/h3-6,11H,7-8H2,1-2H3. The smallest absolute Gasteiger partial charge is 0.337 e. The molecule has 0 bridgehead atoms. The van der Waals surface area contributed by atoms with E-state index in [-0.39, 0.29) is 5.97 Å². The first kappa shape index (κ1) is 11.0. The van der Waals surface area contributed by atoms with Crippen molar-refractivity contribution in [1.82, 2.24) is 0 Å². The lowest BCUT2D eigenvalue weighted by Crippen LogP contribution is -2.51. The molecule has 1 fully saturated rings. The molecule has 0 radical (unpaired) electrons. The Morgan fingerprint density at radius 2 is 1.88 bits per heavy atom. The average molecular weight is 221 g/mol. The molecular formula is C12H15NO3. The lowest BCUT2D eigenvalue weighted by molar-refractivity contribution is 0.0600. The number of methoxy groups -OCH3 is 2. The van der Waals surface area contributed by atoms with E-state index in [0.29, 0.717) is 11.7 Å². The summed E-state index contributed by atoms with van der Waals surface area (Å²) in [5.41, 5.74) is 1.69. The number of hydrogen-bond donors (Lipinski definition) is 0. The monoisotopic (exact) mass is 221 g/mol.